The topological polar surface area (TPSA) is 68.0 Å². The predicted octanol–water partition coefficient (Wildman–Crippen LogP) is 0.521. The summed E-state index contributed by atoms with van der Waals surface area (Å²) >= 11 is 1.33. The van der Waals surface area contributed by atoms with Crippen LogP contribution < -0.4 is 0 Å². The molecule has 0 aliphatic heterocycles. The van der Waals surface area contributed by atoms with Crippen LogP contribution >= 0.6 is 11.8 Å². The Bertz CT molecular complexity index is 300. The fourth-order valence-corrected chi connectivity index (χ4v) is 1.51. The Morgan fingerprint density at radius 3 is 3.00 bits per heavy atom. The summed E-state index contributed by atoms with van der Waals surface area (Å²) in [6.45, 7) is 1.66. The minimum atomic E-state index is -0.799. The summed E-state index contributed by atoms with van der Waals surface area (Å²) in [5, 5.41) is 15.8. The van der Waals surface area contributed by atoms with Crippen LogP contribution in [-0.4, -0.2) is 31.1 Å². The van der Waals surface area contributed by atoms with Crippen molar-refractivity contribution in [2.75, 3.05) is 0 Å². The highest BCUT2D eigenvalue weighted by atomic mass is 32.2. The van der Waals surface area contributed by atoms with E-state index >= 15 is 0 Å². The van der Waals surface area contributed by atoms with E-state index in [1.54, 1.807) is 17.8 Å². The Labute approximate surface area is 80.2 Å². The monoisotopic (exact) mass is 201 g/mol. The first-order chi connectivity index (χ1) is 6.11. The molecule has 0 radical (unpaired) electrons. The van der Waals surface area contributed by atoms with Crippen molar-refractivity contribution in [1.29, 1.82) is 0 Å². The number of rotatable bonds is 4. The first-order valence-corrected chi connectivity index (χ1v) is 4.83. The number of aryl methyl sites for hydroxylation is 1. The molecule has 1 aromatic heterocycles. The maximum Gasteiger partial charge on any atom is 0.316 e. The van der Waals surface area contributed by atoms with Crippen LogP contribution in [0.4, 0.5) is 0 Å². The van der Waals surface area contributed by atoms with E-state index in [1.165, 1.54) is 11.8 Å². The highest BCUT2D eigenvalue weighted by molar-refractivity contribution is 7.99. The van der Waals surface area contributed by atoms with Crippen molar-refractivity contribution in [2.45, 2.75) is 17.9 Å². The molecule has 1 atom stereocenters. The highest BCUT2D eigenvalue weighted by Gasteiger charge is 2.12. The fourth-order valence-electron chi connectivity index (χ4n) is 0.709. The third-order valence-electron chi connectivity index (χ3n) is 1.62. The average molecular weight is 201 g/mol. The van der Waals surface area contributed by atoms with Crippen LogP contribution in [0, 0.1) is 0 Å². The molecule has 13 heavy (non-hydrogen) atoms. The second kappa shape index (κ2) is 4.27. The van der Waals surface area contributed by atoms with Gasteiger partial charge >= 0.3 is 5.97 Å². The van der Waals surface area contributed by atoms with Crippen LogP contribution in [0.2, 0.25) is 0 Å². The van der Waals surface area contributed by atoms with E-state index in [9.17, 15) is 4.79 Å². The van der Waals surface area contributed by atoms with Crippen LogP contribution in [0.15, 0.2) is 6.33 Å². The zero-order valence-electron chi connectivity index (χ0n) is 7.47. The summed E-state index contributed by atoms with van der Waals surface area (Å²) in [6, 6.07) is 0. The van der Waals surface area contributed by atoms with Crippen LogP contribution in [0.25, 0.3) is 0 Å². The molecular weight excluding hydrogens is 190 g/mol. The lowest BCUT2D eigenvalue weighted by Crippen LogP contribution is -2.12. The Morgan fingerprint density at radius 1 is 1.85 bits per heavy atom. The highest BCUT2D eigenvalue weighted by Crippen LogP contribution is 2.15. The SMILES string of the molecule is CC(SCc1nncn1C)C(=O)O. The molecule has 0 bridgehead atoms. The summed E-state index contributed by atoms with van der Waals surface area (Å²) in [6.07, 6.45) is 1.60. The fraction of sp³-hybridized carbons (Fsp3) is 0.571. The number of carboxylic acid groups (broad SMARTS) is 1. The molecule has 0 aromatic carbocycles. The summed E-state index contributed by atoms with van der Waals surface area (Å²) in [4.78, 5) is 10.5. The summed E-state index contributed by atoms with van der Waals surface area (Å²) < 4.78 is 1.78. The van der Waals surface area contributed by atoms with Gasteiger partial charge in [0.25, 0.3) is 0 Å². The molecular formula is C7H11N3O2S. The minimum Gasteiger partial charge on any atom is -0.480 e. The largest absolute Gasteiger partial charge is 0.480 e. The first kappa shape index (κ1) is 10.0. The molecule has 72 valence electrons. The van der Waals surface area contributed by atoms with Crippen molar-refractivity contribution in [3.05, 3.63) is 12.2 Å². The van der Waals surface area contributed by atoms with Crippen molar-refractivity contribution in [3.8, 4) is 0 Å². The molecule has 1 rings (SSSR count). The maximum atomic E-state index is 10.5. The van der Waals surface area contributed by atoms with E-state index in [4.69, 9.17) is 5.11 Å². The van der Waals surface area contributed by atoms with Gasteiger partial charge in [-0.15, -0.1) is 22.0 Å². The molecule has 0 saturated heterocycles. The van der Waals surface area contributed by atoms with Crippen molar-refractivity contribution in [2.24, 2.45) is 7.05 Å². The van der Waals surface area contributed by atoms with Gasteiger partial charge in [0.2, 0.25) is 0 Å². The summed E-state index contributed by atoms with van der Waals surface area (Å²) in [7, 11) is 1.83. The van der Waals surface area contributed by atoms with Gasteiger partial charge in [0, 0.05) is 7.05 Å². The molecule has 1 aromatic rings. The van der Waals surface area contributed by atoms with E-state index in [0.29, 0.717) is 5.75 Å². The van der Waals surface area contributed by atoms with Gasteiger partial charge in [-0.3, -0.25) is 4.79 Å². The van der Waals surface area contributed by atoms with Crippen LogP contribution in [0.1, 0.15) is 12.7 Å². The number of carboxylic acids is 1. The normalized spacial score (nSPS) is 12.8. The molecule has 0 amide bonds. The number of hydrogen-bond acceptors (Lipinski definition) is 4. The van der Waals surface area contributed by atoms with E-state index in [-0.39, 0.29) is 0 Å². The minimum absolute atomic E-state index is 0.406. The number of carbonyl (C=O) groups is 1. The average Bonchev–Trinajstić information content (AvgIpc) is 2.47. The van der Waals surface area contributed by atoms with Crippen molar-refractivity contribution >= 4 is 17.7 Å². The van der Waals surface area contributed by atoms with Crippen LogP contribution in [0.5, 0.6) is 0 Å². The van der Waals surface area contributed by atoms with Crippen LogP contribution in [-0.2, 0) is 17.6 Å². The molecule has 0 aliphatic carbocycles. The van der Waals surface area contributed by atoms with E-state index in [2.05, 4.69) is 10.2 Å². The van der Waals surface area contributed by atoms with E-state index in [0.717, 1.165) is 5.82 Å². The molecule has 1 heterocycles. The molecule has 6 heteroatoms. The van der Waals surface area contributed by atoms with Crippen LogP contribution in [0.3, 0.4) is 0 Å². The quantitative estimate of drug-likeness (QED) is 0.769. The van der Waals surface area contributed by atoms with Crippen molar-refractivity contribution in [3.63, 3.8) is 0 Å². The van der Waals surface area contributed by atoms with Gasteiger partial charge in [-0.2, -0.15) is 0 Å². The first-order valence-electron chi connectivity index (χ1n) is 3.78. The number of hydrogen-bond donors (Lipinski definition) is 1. The molecule has 0 aliphatic rings. The summed E-state index contributed by atoms with van der Waals surface area (Å²) in [5.74, 6) is 0.564. The molecule has 0 spiro atoms. The number of nitrogens with zero attached hydrogens (tertiary/aromatic N) is 3. The molecule has 5 nitrogen and oxygen atoms in total. The molecule has 1 unspecified atom stereocenters. The summed E-state index contributed by atoms with van der Waals surface area (Å²) in [5.41, 5.74) is 0. The van der Waals surface area contributed by atoms with Gasteiger partial charge in [0.05, 0.1) is 11.0 Å². The van der Waals surface area contributed by atoms with Gasteiger partial charge < -0.3 is 9.67 Å². The van der Waals surface area contributed by atoms with E-state index < -0.39 is 11.2 Å². The Morgan fingerprint density at radius 2 is 2.54 bits per heavy atom. The van der Waals surface area contributed by atoms with Gasteiger partial charge in [-0.05, 0) is 6.92 Å². The van der Waals surface area contributed by atoms with Gasteiger partial charge in [-0.25, -0.2) is 0 Å². The Balaban J connectivity index is 2.44. The Hall–Kier alpha value is -1.04. The van der Waals surface area contributed by atoms with Gasteiger partial charge in [0.15, 0.2) is 0 Å². The van der Waals surface area contributed by atoms with Gasteiger partial charge in [-0.1, -0.05) is 0 Å². The second-order valence-corrected chi connectivity index (χ2v) is 3.98. The lowest BCUT2D eigenvalue weighted by Gasteiger charge is -2.04. The number of aliphatic carboxylic acids is 1. The maximum absolute atomic E-state index is 10.5. The van der Waals surface area contributed by atoms with Crippen molar-refractivity contribution < 1.29 is 9.90 Å². The lowest BCUT2D eigenvalue weighted by molar-refractivity contribution is -0.136. The number of aromatic nitrogens is 3. The number of thioether (sulfide) groups is 1. The third kappa shape index (κ3) is 2.73. The van der Waals surface area contributed by atoms with Crippen molar-refractivity contribution in [1.82, 2.24) is 14.8 Å². The second-order valence-electron chi connectivity index (χ2n) is 2.65. The predicted molar refractivity (Wildman–Crippen MR) is 49.4 cm³/mol. The Kier molecular flexibility index (Phi) is 3.30. The lowest BCUT2D eigenvalue weighted by atomic mass is 10.5. The van der Waals surface area contributed by atoms with Gasteiger partial charge in [0.1, 0.15) is 12.2 Å². The zero-order valence-corrected chi connectivity index (χ0v) is 8.28. The molecule has 0 saturated carbocycles. The molecule has 0 fully saturated rings. The standard InChI is InChI=1S/C7H11N3O2S/c1-5(7(11)12)13-3-6-9-8-4-10(6)2/h4-5H,3H2,1-2H3,(H,11,12). The smallest absolute Gasteiger partial charge is 0.316 e. The van der Waals surface area contributed by atoms with E-state index in [1.807, 2.05) is 7.05 Å². The third-order valence-corrected chi connectivity index (χ3v) is 2.74. The zero-order chi connectivity index (χ0) is 9.84. The molecule has 1 N–H and O–H groups in total.